The molecule has 2 atom stereocenters. The van der Waals surface area contributed by atoms with Gasteiger partial charge in [-0.15, -0.1) is 0 Å². The summed E-state index contributed by atoms with van der Waals surface area (Å²) in [5, 5.41) is 3.19. The molecule has 10 heteroatoms. The van der Waals surface area contributed by atoms with E-state index in [1.54, 1.807) is 0 Å². The molecule has 0 radical (unpaired) electrons. The van der Waals surface area contributed by atoms with Crippen LogP contribution in [0.5, 0.6) is 0 Å². The van der Waals surface area contributed by atoms with Gasteiger partial charge in [-0.05, 0) is 32.3 Å². The van der Waals surface area contributed by atoms with E-state index in [4.69, 9.17) is 0 Å². The van der Waals surface area contributed by atoms with Crippen LogP contribution in [-0.4, -0.2) is 70.1 Å². The van der Waals surface area contributed by atoms with Gasteiger partial charge in [0.1, 0.15) is 5.82 Å². The predicted molar refractivity (Wildman–Crippen MR) is 123 cm³/mol. The van der Waals surface area contributed by atoms with Crippen LogP contribution >= 0.6 is 0 Å². The van der Waals surface area contributed by atoms with E-state index in [9.17, 15) is 18.0 Å². The second-order valence-electron chi connectivity index (χ2n) is 9.25. The number of alkyl halides is 3. The van der Waals surface area contributed by atoms with Gasteiger partial charge < -0.3 is 15.1 Å². The van der Waals surface area contributed by atoms with Crippen molar-refractivity contribution < 1.29 is 18.0 Å². The minimum absolute atomic E-state index is 0.0842. The van der Waals surface area contributed by atoms with Gasteiger partial charge >= 0.3 is 12.2 Å². The molecular weight excluding hydrogens is 445 g/mol. The van der Waals surface area contributed by atoms with Crippen molar-refractivity contribution in [1.82, 2.24) is 25.1 Å². The Labute approximate surface area is 198 Å². The minimum atomic E-state index is -4.51. The van der Waals surface area contributed by atoms with E-state index in [0.29, 0.717) is 18.9 Å². The predicted octanol–water partition coefficient (Wildman–Crippen LogP) is 3.77. The molecule has 1 N–H and O–H groups in total. The van der Waals surface area contributed by atoms with Crippen LogP contribution in [0.1, 0.15) is 37.9 Å². The lowest BCUT2D eigenvalue weighted by atomic mass is 10.0. The Bertz CT molecular complexity index is 947. The normalized spacial score (nSPS) is 22.6. The van der Waals surface area contributed by atoms with Crippen molar-refractivity contribution in [2.75, 3.05) is 31.1 Å². The van der Waals surface area contributed by atoms with Crippen molar-refractivity contribution >= 4 is 11.8 Å². The summed E-state index contributed by atoms with van der Waals surface area (Å²) in [6.07, 6.45) is -0.785. The van der Waals surface area contributed by atoms with Crippen LogP contribution in [0, 0.1) is 0 Å². The molecule has 34 heavy (non-hydrogen) atoms. The fraction of sp³-hybridized carbons (Fsp3) is 0.542. The van der Waals surface area contributed by atoms with Crippen LogP contribution < -0.4 is 10.2 Å². The number of amides is 2. The van der Waals surface area contributed by atoms with E-state index in [2.05, 4.69) is 32.3 Å². The lowest BCUT2D eigenvalue weighted by Crippen LogP contribution is -2.61. The molecule has 1 aromatic carbocycles. The highest BCUT2D eigenvalue weighted by Gasteiger charge is 2.36. The first-order chi connectivity index (χ1) is 16.2. The van der Waals surface area contributed by atoms with Gasteiger partial charge in [-0.25, -0.2) is 14.8 Å². The number of rotatable bonds is 4. The summed E-state index contributed by atoms with van der Waals surface area (Å²) in [5.74, 6) is 0.387. The molecule has 1 aromatic heterocycles. The Morgan fingerprint density at radius 1 is 1.03 bits per heavy atom. The monoisotopic (exact) mass is 476 g/mol. The van der Waals surface area contributed by atoms with E-state index in [1.807, 2.05) is 41.8 Å². The zero-order chi connectivity index (χ0) is 24.3. The second kappa shape index (κ2) is 10.2. The van der Waals surface area contributed by atoms with Crippen LogP contribution in [-0.2, 0) is 12.7 Å². The standard InChI is InChI=1S/C24H31F3N6O/c1-17-15-33(18(2)14-32(17)22-13-28-21(12-29-22)24(25,26)27)23(34)30-20-8-10-31(11-9-20)16-19-6-4-3-5-7-19/h3-7,12-13,17-18,20H,8-11,14-16H2,1-2H3,(H,30,34)/t17-,18+/m0/s1. The highest BCUT2D eigenvalue weighted by Crippen LogP contribution is 2.28. The van der Waals surface area contributed by atoms with Crippen LogP contribution in [0.3, 0.4) is 0 Å². The van der Waals surface area contributed by atoms with E-state index < -0.39 is 11.9 Å². The van der Waals surface area contributed by atoms with Gasteiger partial charge in [0.2, 0.25) is 0 Å². The topological polar surface area (TPSA) is 64.6 Å². The Hall–Kier alpha value is -2.88. The number of carbonyl (C=O) groups is 1. The number of nitrogens with one attached hydrogen (secondary N) is 1. The summed E-state index contributed by atoms with van der Waals surface area (Å²) < 4.78 is 38.3. The number of hydrogen-bond acceptors (Lipinski definition) is 5. The number of piperidine rings is 1. The molecule has 2 aromatic rings. The van der Waals surface area contributed by atoms with Gasteiger partial charge in [-0.3, -0.25) is 4.90 Å². The van der Waals surface area contributed by atoms with Crippen LogP contribution in [0.2, 0.25) is 0 Å². The van der Waals surface area contributed by atoms with Crippen molar-refractivity contribution in [3.8, 4) is 0 Å². The number of hydrogen-bond donors (Lipinski definition) is 1. The van der Waals surface area contributed by atoms with Gasteiger partial charge in [0.05, 0.1) is 12.4 Å². The van der Waals surface area contributed by atoms with E-state index in [1.165, 1.54) is 5.56 Å². The van der Waals surface area contributed by atoms with Gasteiger partial charge in [-0.1, -0.05) is 30.3 Å². The molecule has 0 spiro atoms. The number of halogens is 3. The molecular formula is C24H31F3N6O. The molecule has 4 rings (SSSR count). The molecule has 0 aliphatic carbocycles. The van der Waals surface area contributed by atoms with Crippen molar-refractivity contribution in [2.45, 2.75) is 57.5 Å². The Kier molecular flexibility index (Phi) is 7.25. The third-order valence-electron chi connectivity index (χ3n) is 6.63. The number of likely N-dealkylation sites (tertiary alicyclic amines) is 1. The van der Waals surface area contributed by atoms with Crippen molar-refractivity contribution in [2.24, 2.45) is 0 Å². The Morgan fingerprint density at radius 2 is 1.74 bits per heavy atom. The third-order valence-corrected chi connectivity index (χ3v) is 6.63. The zero-order valence-corrected chi connectivity index (χ0v) is 19.5. The average Bonchev–Trinajstić information content (AvgIpc) is 2.82. The fourth-order valence-electron chi connectivity index (χ4n) is 4.68. The van der Waals surface area contributed by atoms with Crippen LogP contribution in [0.25, 0.3) is 0 Å². The molecule has 184 valence electrons. The third kappa shape index (κ3) is 5.78. The summed E-state index contributed by atoms with van der Waals surface area (Å²) in [4.78, 5) is 26.6. The van der Waals surface area contributed by atoms with Gasteiger partial charge in [-0.2, -0.15) is 13.2 Å². The Balaban J connectivity index is 1.28. The van der Waals surface area contributed by atoms with Gasteiger partial charge in [0.25, 0.3) is 0 Å². The largest absolute Gasteiger partial charge is 0.434 e. The molecule has 2 fully saturated rings. The molecule has 2 saturated heterocycles. The number of carbonyl (C=O) groups excluding carboxylic acids is 1. The SMILES string of the molecule is C[C@@H]1CN(c2cnc(C(F)(F)F)cn2)[C@@H](C)CN1C(=O)NC1CCN(Cc2ccccc2)CC1. The fourth-order valence-corrected chi connectivity index (χ4v) is 4.68. The highest BCUT2D eigenvalue weighted by molar-refractivity contribution is 5.75. The quantitative estimate of drug-likeness (QED) is 0.728. The number of piperazine rings is 1. The molecule has 3 heterocycles. The molecule has 7 nitrogen and oxygen atoms in total. The average molecular weight is 477 g/mol. The van der Waals surface area contributed by atoms with Crippen LogP contribution in [0.4, 0.5) is 23.8 Å². The lowest BCUT2D eigenvalue weighted by Gasteiger charge is -2.45. The van der Waals surface area contributed by atoms with E-state index in [-0.39, 0.29) is 24.2 Å². The van der Waals surface area contributed by atoms with Crippen molar-refractivity contribution in [3.05, 3.63) is 54.0 Å². The zero-order valence-electron chi connectivity index (χ0n) is 19.5. The number of anilines is 1. The summed E-state index contributed by atoms with van der Waals surface area (Å²) in [7, 11) is 0. The molecule has 0 bridgehead atoms. The number of benzene rings is 1. The van der Waals surface area contributed by atoms with Gasteiger partial charge in [0, 0.05) is 50.8 Å². The molecule has 2 amide bonds. The van der Waals surface area contributed by atoms with Crippen LogP contribution in [0.15, 0.2) is 42.7 Å². The number of nitrogens with zero attached hydrogens (tertiary/aromatic N) is 5. The summed E-state index contributed by atoms with van der Waals surface area (Å²) in [5.41, 5.74) is 0.285. The molecule has 2 aliphatic heterocycles. The number of urea groups is 1. The first kappa shape index (κ1) is 24.3. The maximum Gasteiger partial charge on any atom is 0.434 e. The lowest BCUT2D eigenvalue weighted by molar-refractivity contribution is -0.141. The van der Waals surface area contributed by atoms with E-state index >= 15 is 0 Å². The molecule has 2 aliphatic rings. The van der Waals surface area contributed by atoms with Crippen molar-refractivity contribution in [3.63, 3.8) is 0 Å². The van der Waals surface area contributed by atoms with Crippen molar-refractivity contribution in [1.29, 1.82) is 0 Å². The molecule has 0 unspecified atom stereocenters. The van der Waals surface area contributed by atoms with Gasteiger partial charge in [0.15, 0.2) is 5.69 Å². The minimum Gasteiger partial charge on any atom is -0.349 e. The summed E-state index contributed by atoms with van der Waals surface area (Å²) >= 11 is 0. The highest BCUT2D eigenvalue weighted by atomic mass is 19.4. The Morgan fingerprint density at radius 3 is 2.35 bits per heavy atom. The maximum absolute atomic E-state index is 13.0. The summed E-state index contributed by atoms with van der Waals surface area (Å²) in [6, 6.07) is 10.2. The second-order valence-corrected chi connectivity index (χ2v) is 9.25. The first-order valence-electron chi connectivity index (χ1n) is 11.7. The smallest absolute Gasteiger partial charge is 0.349 e. The number of aromatic nitrogens is 2. The molecule has 0 saturated carbocycles. The first-order valence-corrected chi connectivity index (χ1v) is 11.7. The van der Waals surface area contributed by atoms with E-state index in [0.717, 1.165) is 44.9 Å². The maximum atomic E-state index is 13.0. The summed E-state index contributed by atoms with van der Waals surface area (Å²) in [6.45, 7) is 7.61.